The van der Waals surface area contributed by atoms with Gasteiger partial charge in [0.2, 0.25) is 10.0 Å². The summed E-state index contributed by atoms with van der Waals surface area (Å²) in [4.78, 5) is 4.34. The zero-order valence-corrected chi connectivity index (χ0v) is 13.4. The van der Waals surface area contributed by atoms with Crippen molar-refractivity contribution in [3.05, 3.63) is 29.3 Å². The van der Waals surface area contributed by atoms with Crippen LogP contribution >= 0.6 is 12.1 Å². The Balaban J connectivity index is 2.71. The van der Waals surface area contributed by atoms with E-state index >= 15 is 0 Å². The van der Waals surface area contributed by atoms with Crippen LogP contribution in [-0.4, -0.2) is 43.1 Å². The summed E-state index contributed by atoms with van der Waals surface area (Å²) in [5.41, 5.74) is 3.15. The molecule has 0 aliphatic rings. The Labute approximate surface area is 119 Å². The number of rotatable bonds is 5. The van der Waals surface area contributed by atoms with Gasteiger partial charge in [0.1, 0.15) is 6.34 Å². The van der Waals surface area contributed by atoms with Crippen molar-refractivity contribution in [1.29, 1.82) is 0 Å². The Hall–Kier alpha value is -1.05. The minimum Gasteiger partial charge on any atom is -0.296 e. The van der Waals surface area contributed by atoms with Crippen LogP contribution in [0.3, 0.4) is 0 Å². The van der Waals surface area contributed by atoms with E-state index in [1.54, 1.807) is 17.7 Å². The Morgan fingerprint density at radius 3 is 2.42 bits per heavy atom. The van der Waals surface area contributed by atoms with Crippen LogP contribution < -0.4 is 0 Å². The number of sulfonamides is 1. The van der Waals surface area contributed by atoms with Gasteiger partial charge in [0, 0.05) is 14.1 Å². The lowest BCUT2D eigenvalue weighted by Crippen LogP contribution is -2.23. The summed E-state index contributed by atoms with van der Waals surface area (Å²) < 4.78 is 25.4. The van der Waals surface area contributed by atoms with E-state index in [-0.39, 0.29) is 0 Å². The van der Waals surface area contributed by atoms with E-state index in [0.717, 1.165) is 29.6 Å². The molecule has 0 fully saturated rings. The number of benzene rings is 1. The lowest BCUT2D eigenvalue weighted by Gasteiger charge is -2.18. The molecule has 0 atom stereocenters. The number of aliphatic imine (C=N–C) groups is 1. The second kappa shape index (κ2) is 6.40. The van der Waals surface area contributed by atoms with Gasteiger partial charge in [0.05, 0.1) is 24.1 Å². The van der Waals surface area contributed by atoms with Crippen molar-refractivity contribution in [2.75, 3.05) is 20.4 Å². The molecule has 106 valence electrons. The van der Waals surface area contributed by atoms with Gasteiger partial charge in [-0.25, -0.2) is 13.4 Å². The van der Waals surface area contributed by atoms with Crippen LogP contribution in [0, 0.1) is 13.8 Å². The molecule has 19 heavy (non-hydrogen) atoms. The van der Waals surface area contributed by atoms with E-state index in [0.29, 0.717) is 0 Å². The zero-order valence-electron chi connectivity index (χ0n) is 11.8. The molecule has 0 bridgehead atoms. The first-order chi connectivity index (χ1) is 8.70. The van der Waals surface area contributed by atoms with Crippen LogP contribution in [0.5, 0.6) is 0 Å². The molecule has 1 aromatic carbocycles. The fourth-order valence-corrected chi connectivity index (χ4v) is 2.61. The van der Waals surface area contributed by atoms with Crippen LogP contribution in [0.2, 0.25) is 0 Å². The molecular weight excluding hydrogens is 282 g/mol. The molecule has 0 aromatic heterocycles. The maximum absolute atomic E-state index is 11.3. The first-order valence-corrected chi connectivity index (χ1v) is 8.24. The Kier molecular flexibility index (Phi) is 5.39. The first kappa shape index (κ1) is 16.0. The normalized spacial score (nSPS) is 12.3. The fraction of sp³-hybridized carbons (Fsp3) is 0.417. The van der Waals surface area contributed by atoms with Crippen molar-refractivity contribution in [2.45, 2.75) is 13.8 Å². The highest BCUT2D eigenvalue weighted by atomic mass is 32.3. The molecule has 0 aliphatic carbocycles. The van der Waals surface area contributed by atoms with Crippen molar-refractivity contribution in [2.24, 2.45) is 4.99 Å². The summed E-state index contributed by atoms with van der Waals surface area (Å²) in [7, 11) is 0.0492. The van der Waals surface area contributed by atoms with Crippen LogP contribution in [0.4, 0.5) is 5.69 Å². The maximum Gasteiger partial charge on any atom is 0.221 e. The van der Waals surface area contributed by atoms with Crippen molar-refractivity contribution in [1.82, 2.24) is 8.02 Å². The fourth-order valence-electron chi connectivity index (χ4n) is 1.36. The van der Waals surface area contributed by atoms with Gasteiger partial charge in [-0.05, 0) is 25.5 Å². The molecule has 0 saturated carbocycles. The monoisotopic (exact) mass is 301 g/mol. The average Bonchev–Trinajstić information content (AvgIpc) is 2.26. The summed E-state index contributed by atoms with van der Waals surface area (Å²) in [6, 6.07) is 6.00. The highest BCUT2D eigenvalue weighted by molar-refractivity contribution is 8.07. The quantitative estimate of drug-likeness (QED) is 0.476. The molecule has 0 spiro atoms. The third-order valence-corrected chi connectivity index (χ3v) is 4.95. The van der Waals surface area contributed by atoms with Gasteiger partial charge in [-0.2, -0.15) is 0 Å². The van der Waals surface area contributed by atoms with Gasteiger partial charge in [-0.3, -0.25) is 4.31 Å². The molecule has 7 heteroatoms. The van der Waals surface area contributed by atoms with Gasteiger partial charge >= 0.3 is 0 Å². The molecule has 0 saturated heterocycles. The predicted molar refractivity (Wildman–Crippen MR) is 82.0 cm³/mol. The summed E-state index contributed by atoms with van der Waals surface area (Å²) >= 11 is 1.06. The molecule has 0 radical (unpaired) electrons. The van der Waals surface area contributed by atoms with Crippen molar-refractivity contribution in [3.63, 3.8) is 0 Å². The largest absolute Gasteiger partial charge is 0.296 e. The van der Waals surface area contributed by atoms with Gasteiger partial charge in [-0.1, -0.05) is 17.7 Å². The number of nitrogens with zero attached hydrogens (tertiary/aromatic N) is 3. The van der Waals surface area contributed by atoms with E-state index in [4.69, 9.17) is 0 Å². The topological polar surface area (TPSA) is 53.0 Å². The van der Waals surface area contributed by atoms with Gasteiger partial charge < -0.3 is 0 Å². The highest BCUT2D eigenvalue weighted by Gasteiger charge is 2.13. The van der Waals surface area contributed by atoms with Crippen LogP contribution in [0.25, 0.3) is 0 Å². The molecule has 0 heterocycles. The van der Waals surface area contributed by atoms with E-state index < -0.39 is 10.0 Å². The molecule has 1 rings (SSSR count). The number of aryl methyl sites for hydroxylation is 2. The molecular formula is C12H19N3O2S2. The Morgan fingerprint density at radius 2 is 1.89 bits per heavy atom. The second-order valence-corrected chi connectivity index (χ2v) is 7.87. The third-order valence-electron chi connectivity index (χ3n) is 2.42. The van der Waals surface area contributed by atoms with Crippen LogP contribution in [0.15, 0.2) is 23.2 Å². The SMILES string of the molecule is Cc1ccc(N=CN(C)SN(C)S(C)(=O)=O)c(C)c1. The molecule has 1 aromatic rings. The van der Waals surface area contributed by atoms with Crippen molar-refractivity contribution < 1.29 is 8.42 Å². The molecule has 0 amide bonds. The highest BCUT2D eigenvalue weighted by Crippen LogP contribution is 2.20. The third kappa shape index (κ3) is 5.22. The molecule has 0 N–H and O–H groups in total. The summed E-state index contributed by atoms with van der Waals surface area (Å²) in [6.07, 6.45) is 2.76. The summed E-state index contributed by atoms with van der Waals surface area (Å²) in [6.45, 7) is 4.03. The smallest absolute Gasteiger partial charge is 0.221 e. The number of hydrogen-bond acceptors (Lipinski definition) is 4. The standard InChI is InChI=1S/C12H19N3O2S2/c1-10-6-7-12(11(2)8-10)13-9-14(3)18-15(4)19(5,16)17/h6-9H,1-5H3. The van der Waals surface area contributed by atoms with E-state index in [9.17, 15) is 8.42 Å². The molecule has 5 nitrogen and oxygen atoms in total. The lowest BCUT2D eigenvalue weighted by molar-refractivity contribution is 0.568. The van der Waals surface area contributed by atoms with Crippen LogP contribution in [0.1, 0.15) is 11.1 Å². The number of hydrogen-bond donors (Lipinski definition) is 0. The van der Waals surface area contributed by atoms with E-state index in [2.05, 4.69) is 11.1 Å². The van der Waals surface area contributed by atoms with Crippen molar-refractivity contribution in [3.8, 4) is 0 Å². The van der Waals surface area contributed by atoms with Gasteiger partial charge in [0.25, 0.3) is 0 Å². The summed E-state index contributed by atoms with van der Waals surface area (Å²) in [5.74, 6) is 0. The maximum atomic E-state index is 11.3. The Bertz CT molecular complexity index is 570. The first-order valence-electron chi connectivity index (χ1n) is 5.66. The zero-order chi connectivity index (χ0) is 14.6. The Morgan fingerprint density at radius 1 is 1.26 bits per heavy atom. The van der Waals surface area contributed by atoms with Crippen molar-refractivity contribution >= 4 is 34.2 Å². The molecule has 0 unspecified atom stereocenters. The summed E-state index contributed by atoms with van der Waals surface area (Å²) in [5, 5.41) is 0. The second-order valence-electron chi connectivity index (χ2n) is 4.34. The lowest BCUT2D eigenvalue weighted by atomic mass is 10.1. The van der Waals surface area contributed by atoms with E-state index in [1.807, 2.05) is 26.0 Å². The van der Waals surface area contributed by atoms with Gasteiger partial charge in [-0.15, -0.1) is 3.71 Å². The van der Waals surface area contributed by atoms with Crippen LogP contribution in [-0.2, 0) is 10.0 Å². The minimum absolute atomic E-state index is 0.875. The average molecular weight is 301 g/mol. The van der Waals surface area contributed by atoms with E-state index in [1.165, 1.54) is 16.3 Å². The minimum atomic E-state index is -3.20. The predicted octanol–water partition coefficient (Wildman–Crippen LogP) is 2.35. The molecule has 0 aliphatic heterocycles. The van der Waals surface area contributed by atoms with Gasteiger partial charge in [0.15, 0.2) is 0 Å².